The number of rotatable bonds is 3. The molecule has 1 nitrogen and oxygen atoms in total. The molecule has 2 N–H and O–H groups in total. The molecule has 1 heteroatoms. The minimum Gasteiger partial charge on any atom is -0.330 e. The summed E-state index contributed by atoms with van der Waals surface area (Å²) < 4.78 is 0. The van der Waals surface area contributed by atoms with Crippen LogP contribution < -0.4 is 5.73 Å². The van der Waals surface area contributed by atoms with Gasteiger partial charge in [-0.05, 0) is 27.8 Å². The third kappa shape index (κ3) is 1.98. The van der Waals surface area contributed by atoms with E-state index in [-0.39, 0.29) is 0 Å². The lowest BCUT2D eigenvalue weighted by atomic mass is 9.80. The maximum Gasteiger partial charge on any atom is 0.0182 e. The van der Waals surface area contributed by atoms with Crippen LogP contribution in [-0.2, 0) is 0 Å². The second kappa shape index (κ2) is 5.43. The van der Waals surface area contributed by atoms with E-state index >= 15 is 0 Å². The largest absolute Gasteiger partial charge is 0.330 e. The van der Waals surface area contributed by atoms with Gasteiger partial charge in [-0.15, -0.1) is 0 Å². The van der Waals surface area contributed by atoms with Crippen LogP contribution in [0.25, 0.3) is 11.1 Å². The molecule has 0 saturated carbocycles. The minimum absolute atomic E-state index is 0.311. The van der Waals surface area contributed by atoms with E-state index in [0.29, 0.717) is 18.4 Å². The van der Waals surface area contributed by atoms with Crippen molar-refractivity contribution in [3.05, 3.63) is 95.6 Å². The first-order valence-corrected chi connectivity index (χ1v) is 7.83. The topological polar surface area (TPSA) is 26.0 Å². The van der Waals surface area contributed by atoms with Gasteiger partial charge in [0.2, 0.25) is 0 Å². The van der Waals surface area contributed by atoms with Gasteiger partial charge in [0.15, 0.2) is 0 Å². The van der Waals surface area contributed by atoms with Gasteiger partial charge in [-0.1, -0.05) is 78.9 Å². The molecule has 0 saturated heterocycles. The first kappa shape index (κ1) is 13.3. The van der Waals surface area contributed by atoms with Crippen molar-refractivity contribution >= 4 is 0 Å². The molecule has 1 aliphatic rings. The molecule has 0 spiro atoms. The molecule has 0 aliphatic heterocycles. The standard InChI is InChI=1S/C21H19N/c22-14-20(15-8-2-1-3-9-15)21-18-12-6-4-10-16(18)17-11-5-7-13-19(17)21/h1-13,20-21H,14,22H2. The molecule has 3 aromatic rings. The van der Waals surface area contributed by atoms with E-state index in [1.807, 2.05) is 0 Å². The van der Waals surface area contributed by atoms with E-state index in [9.17, 15) is 0 Å². The van der Waals surface area contributed by atoms with Gasteiger partial charge in [-0.2, -0.15) is 0 Å². The van der Waals surface area contributed by atoms with E-state index in [4.69, 9.17) is 5.73 Å². The normalized spacial score (nSPS) is 14.4. The molecule has 0 aromatic heterocycles. The number of benzene rings is 3. The Bertz CT molecular complexity index is 746. The van der Waals surface area contributed by atoms with Crippen molar-refractivity contribution in [2.45, 2.75) is 11.8 Å². The summed E-state index contributed by atoms with van der Waals surface area (Å²) in [6.07, 6.45) is 0. The van der Waals surface area contributed by atoms with Crippen molar-refractivity contribution in [2.24, 2.45) is 5.73 Å². The van der Waals surface area contributed by atoms with Crippen LogP contribution >= 0.6 is 0 Å². The summed E-state index contributed by atoms with van der Waals surface area (Å²) in [7, 11) is 0. The predicted octanol–water partition coefficient (Wildman–Crippen LogP) is 4.54. The molecule has 22 heavy (non-hydrogen) atoms. The van der Waals surface area contributed by atoms with E-state index in [1.54, 1.807) is 0 Å². The van der Waals surface area contributed by atoms with Crippen LogP contribution in [0.4, 0.5) is 0 Å². The summed E-state index contributed by atoms with van der Waals surface area (Å²) in [4.78, 5) is 0. The SMILES string of the molecule is NCC(c1ccccc1)C1c2ccccc2-c2ccccc21. The Morgan fingerprint density at radius 2 is 1.18 bits per heavy atom. The summed E-state index contributed by atoms with van der Waals surface area (Å²) in [6.45, 7) is 0.650. The van der Waals surface area contributed by atoms with Crippen LogP contribution in [0.1, 0.15) is 28.5 Å². The molecule has 0 fully saturated rings. The van der Waals surface area contributed by atoms with Crippen LogP contribution in [0.15, 0.2) is 78.9 Å². The summed E-state index contributed by atoms with van der Waals surface area (Å²) in [6, 6.07) is 28.1. The van der Waals surface area contributed by atoms with E-state index in [2.05, 4.69) is 78.9 Å². The molecule has 108 valence electrons. The summed E-state index contributed by atoms with van der Waals surface area (Å²) in [5, 5.41) is 0. The van der Waals surface area contributed by atoms with Gasteiger partial charge >= 0.3 is 0 Å². The molecule has 1 unspecified atom stereocenters. The highest BCUT2D eigenvalue weighted by molar-refractivity contribution is 5.79. The van der Waals surface area contributed by atoms with Gasteiger partial charge < -0.3 is 5.73 Å². The van der Waals surface area contributed by atoms with Crippen molar-refractivity contribution in [3.8, 4) is 11.1 Å². The van der Waals surface area contributed by atoms with Gasteiger partial charge in [0, 0.05) is 18.4 Å². The zero-order valence-corrected chi connectivity index (χ0v) is 12.4. The summed E-state index contributed by atoms with van der Waals surface area (Å²) >= 11 is 0. The fourth-order valence-corrected chi connectivity index (χ4v) is 3.79. The lowest BCUT2D eigenvalue weighted by Crippen LogP contribution is -2.20. The second-order valence-corrected chi connectivity index (χ2v) is 5.91. The fraction of sp³-hybridized carbons (Fsp3) is 0.143. The monoisotopic (exact) mass is 285 g/mol. The first-order valence-electron chi connectivity index (χ1n) is 7.83. The third-order valence-electron chi connectivity index (χ3n) is 4.77. The van der Waals surface area contributed by atoms with Crippen molar-refractivity contribution in [1.82, 2.24) is 0 Å². The van der Waals surface area contributed by atoms with Crippen molar-refractivity contribution in [1.29, 1.82) is 0 Å². The molecule has 1 atom stereocenters. The molecular weight excluding hydrogens is 266 g/mol. The number of hydrogen-bond donors (Lipinski definition) is 1. The average molecular weight is 285 g/mol. The zero-order chi connectivity index (χ0) is 14.9. The van der Waals surface area contributed by atoms with E-state index < -0.39 is 0 Å². The molecule has 1 aliphatic carbocycles. The minimum atomic E-state index is 0.311. The Morgan fingerprint density at radius 1 is 0.682 bits per heavy atom. The number of fused-ring (bicyclic) bond motifs is 3. The summed E-state index contributed by atoms with van der Waals surface area (Å²) in [5.41, 5.74) is 13.0. The highest BCUT2D eigenvalue weighted by Gasteiger charge is 2.33. The molecule has 0 radical (unpaired) electrons. The Balaban J connectivity index is 1.91. The Kier molecular flexibility index (Phi) is 3.28. The van der Waals surface area contributed by atoms with Gasteiger partial charge in [-0.3, -0.25) is 0 Å². The average Bonchev–Trinajstić information content (AvgIpc) is 2.92. The van der Waals surface area contributed by atoms with Crippen LogP contribution in [-0.4, -0.2) is 6.54 Å². The quantitative estimate of drug-likeness (QED) is 0.751. The number of nitrogens with two attached hydrogens (primary N) is 1. The first-order chi connectivity index (χ1) is 10.9. The van der Waals surface area contributed by atoms with E-state index in [0.717, 1.165) is 0 Å². The van der Waals surface area contributed by atoms with E-state index in [1.165, 1.54) is 27.8 Å². The molecular formula is C21H19N. The second-order valence-electron chi connectivity index (χ2n) is 5.91. The van der Waals surface area contributed by atoms with Gasteiger partial charge in [-0.25, -0.2) is 0 Å². The molecule has 0 amide bonds. The van der Waals surface area contributed by atoms with Crippen molar-refractivity contribution < 1.29 is 0 Å². The summed E-state index contributed by atoms with van der Waals surface area (Å²) in [5.74, 6) is 0.658. The molecule has 3 aromatic carbocycles. The van der Waals surface area contributed by atoms with Gasteiger partial charge in [0.05, 0.1) is 0 Å². The smallest absolute Gasteiger partial charge is 0.0182 e. The predicted molar refractivity (Wildman–Crippen MR) is 92.0 cm³/mol. The highest BCUT2D eigenvalue weighted by atomic mass is 14.6. The van der Waals surface area contributed by atoms with Crippen LogP contribution in [0, 0.1) is 0 Å². The van der Waals surface area contributed by atoms with Crippen molar-refractivity contribution in [2.75, 3.05) is 6.54 Å². The number of hydrogen-bond acceptors (Lipinski definition) is 1. The van der Waals surface area contributed by atoms with Gasteiger partial charge in [0.25, 0.3) is 0 Å². The fourth-order valence-electron chi connectivity index (χ4n) is 3.79. The van der Waals surface area contributed by atoms with Crippen LogP contribution in [0.3, 0.4) is 0 Å². The lowest BCUT2D eigenvalue weighted by molar-refractivity contribution is 0.623. The van der Waals surface area contributed by atoms with Crippen LogP contribution in [0.5, 0.6) is 0 Å². The van der Waals surface area contributed by atoms with Crippen molar-refractivity contribution in [3.63, 3.8) is 0 Å². The molecule has 0 bridgehead atoms. The van der Waals surface area contributed by atoms with Crippen LogP contribution in [0.2, 0.25) is 0 Å². The molecule has 0 heterocycles. The maximum absolute atomic E-state index is 6.20. The van der Waals surface area contributed by atoms with Gasteiger partial charge in [0.1, 0.15) is 0 Å². The Labute approximate surface area is 131 Å². The Morgan fingerprint density at radius 3 is 1.73 bits per heavy atom. The highest BCUT2D eigenvalue weighted by Crippen LogP contribution is 2.50. The zero-order valence-electron chi connectivity index (χ0n) is 12.4. The lowest BCUT2D eigenvalue weighted by Gasteiger charge is -2.25. The Hall–Kier alpha value is -2.38. The third-order valence-corrected chi connectivity index (χ3v) is 4.77. The maximum atomic E-state index is 6.20. The molecule has 4 rings (SSSR count).